The number of imide groups is 1. The zero-order valence-electron chi connectivity index (χ0n) is 11.3. The second kappa shape index (κ2) is 3.97. The van der Waals surface area contributed by atoms with Gasteiger partial charge < -0.3 is 0 Å². The van der Waals surface area contributed by atoms with Crippen molar-refractivity contribution in [1.82, 2.24) is 0 Å². The Kier molecular flexibility index (Phi) is 2.34. The Bertz CT molecular complexity index is 659. The summed E-state index contributed by atoms with van der Waals surface area (Å²) in [7, 11) is 0. The van der Waals surface area contributed by atoms with E-state index in [1.54, 1.807) is 0 Å². The fourth-order valence-electron chi connectivity index (χ4n) is 4.80. The molecule has 6 rings (SSSR count). The number of benzene rings is 1. The number of amides is 2. The molecule has 0 unspecified atom stereocenters. The summed E-state index contributed by atoms with van der Waals surface area (Å²) in [6.07, 6.45) is 5.63. The van der Waals surface area contributed by atoms with E-state index in [1.807, 2.05) is 24.3 Å². The molecule has 2 saturated carbocycles. The second-order valence-corrected chi connectivity index (χ2v) is 7.89. The maximum Gasteiger partial charge on any atom is 0.238 e. The van der Waals surface area contributed by atoms with Gasteiger partial charge in [-0.05, 0) is 76.9 Å². The van der Waals surface area contributed by atoms with Gasteiger partial charge in [-0.3, -0.25) is 14.5 Å². The van der Waals surface area contributed by atoms with Crippen LogP contribution in [0.25, 0.3) is 0 Å². The van der Waals surface area contributed by atoms with E-state index in [0.29, 0.717) is 23.7 Å². The van der Waals surface area contributed by atoms with Crippen LogP contribution in [0.15, 0.2) is 36.4 Å². The van der Waals surface area contributed by atoms with Crippen molar-refractivity contribution in [3.8, 4) is 0 Å². The van der Waals surface area contributed by atoms with Crippen LogP contribution in [0.2, 0.25) is 0 Å². The van der Waals surface area contributed by atoms with Crippen LogP contribution in [-0.4, -0.2) is 11.8 Å². The molecule has 3 fully saturated rings. The number of carbonyl (C=O) groups is 2. The van der Waals surface area contributed by atoms with Crippen LogP contribution in [-0.2, 0) is 9.59 Å². The molecule has 0 radical (unpaired) electrons. The Hall–Kier alpha value is -1.17. The number of nitrogens with zero attached hydrogens (tertiary/aromatic N) is 1. The van der Waals surface area contributed by atoms with Crippen LogP contribution in [0, 0.1) is 39.1 Å². The Balaban J connectivity index is 1.58. The third-order valence-electron chi connectivity index (χ3n) is 5.75. The summed E-state index contributed by atoms with van der Waals surface area (Å²) in [5.74, 6) is 1.77. The lowest BCUT2D eigenvalue weighted by Gasteiger charge is -2.37. The third kappa shape index (κ3) is 1.49. The molecule has 0 spiro atoms. The molecule has 2 bridgehead atoms. The molecule has 4 heteroatoms. The number of halogens is 1. The fourth-order valence-corrected chi connectivity index (χ4v) is 5.16. The molecule has 1 aliphatic heterocycles. The van der Waals surface area contributed by atoms with Crippen molar-refractivity contribution < 1.29 is 9.59 Å². The summed E-state index contributed by atoms with van der Waals surface area (Å²) < 4.78 is 1.11. The lowest BCUT2D eigenvalue weighted by atomic mass is 9.63. The van der Waals surface area contributed by atoms with Gasteiger partial charge in [0.1, 0.15) is 0 Å². The van der Waals surface area contributed by atoms with Gasteiger partial charge in [0.25, 0.3) is 0 Å². The number of rotatable bonds is 1. The molecule has 106 valence electrons. The highest BCUT2D eigenvalue weighted by Crippen LogP contribution is 2.65. The SMILES string of the molecule is O=C1[C@@H]2[C@H]3C=C[C@@H]([C@@H]4C[C@H]34)[C@@H]2C(=O)N1c1ccc(I)cc1. The van der Waals surface area contributed by atoms with Crippen LogP contribution >= 0.6 is 22.6 Å². The van der Waals surface area contributed by atoms with Crippen LogP contribution in [0.1, 0.15) is 6.42 Å². The Morgan fingerprint density at radius 1 is 0.905 bits per heavy atom. The summed E-state index contributed by atoms with van der Waals surface area (Å²) in [6.45, 7) is 0. The Morgan fingerprint density at radius 3 is 1.95 bits per heavy atom. The monoisotopic (exact) mass is 391 g/mol. The highest BCUT2D eigenvalue weighted by molar-refractivity contribution is 14.1. The zero-order chi connectivity index (χ0) is 14.3. The van der Waals surface area contributed by atoms with E-state index in [0.717, 1.165) is 9.26 Å². The van der Waals surface area contributed by atoms with E-state index >= 15 is 0 Å². The average Bonchev–Trinajstić information content (AvgIpc) is 3.26. The Labute approximate surface area is 136 Å². The second-order valence-electron chi connectivity index (χ2n) is 6.64. The van der Waals surface area contributed by atoms with Crippen molar-refractivity contribution >= 4 is 40.1 Å². The molecule has 4 aliphatic carbocycles. The highest BCUT2D eigenvalue weighted by Gasteiger charge is 2.67. The molecule has 1 aromatic rings. The smallest absolute Gasteiger partial charge is 0.238 e. The van der Waals surface area contributed by atoms with E-state index in [-0.39, 0.29) is 23.7 Å². The van der Waals surface area contributed by atoms with Gasteiger partial charge in [0.05, 0.1) is 17.5 Å². The van der Waals surface area contributed by atoms with Gasteiger partial charge in [0.2, 0.25) is 11.8 Å². The number of hydrogen-bond donors (Lipinski definition) is 0. The van der Waals surface area contributed by atoms with Crippen molar-refractivity contribution in [1.29, 1.82) is 0 Å². The number of hydrogen-bond acceptors (Lipinski definition) is 2. The van der Waals surface area contributed by atoms with E-state index in [1.165, 1.54) is 11.3 Å². The molecule has 0 N–H and O–H groups in total. The van der Waals surface area contributed by atoms with Crippen molar-refractivity contribution in [3.63, 3.8) is 0 Å². The van der Waals surface area contributed by atoms with Gasteiger partial charge in [0, 0.05) is 3.57 Å². The first-order valence-electron chi connectivity index (χ1n) is 7.48. The van der Waals surface area contributed by atoms with Crippen LogP contribution in [0.4, 0.5) is 5.69 Å². The van der Waals surface area contributed by atoms with Gasteiger partial charge in [0.15, 0.2) is 0 Å². The normalized spacial score (nSPS) is 42.2. The summed E-state index contributed by atoms with van der Waals surface area (Å²) in [4.78, 5) is 27.2. The lowest BCUT2D eigenvalue weighted by Crippen LogP contribution is -2.40. The molecule has 1 saturated heterocycles. The molecule has 0 aromatic heterocycles. The van der Waals surface area contributed by atoms with Crippen LogP contribution < -0.4 is 4.90 Å². The average molecular weight is 391 g/mol. The van der Waals surface area contributed by atoms with Crippen molar-refractivity contribution in [2.24, 2.45) is 35.5 Å². The highest BCUT2D eigenvalue weighted by atomic mass is 127. The molecular formula is C17H14INO2. The first-order valence-corrected chi connectivity index (χ1v) is 8.56. The Morgan fingerprint density at radius 2 is 1.43 bits per heavy atom. The molecule has 21 heavy (non-hydrogen) atoms. The molecule has 1 heterocycles. The van der Waals surface area contributed by atoms with E-state index < -0.39 is 0 Å². The third-order valence-corrected chi connectivity index (χ3v) is 6.47. The van der Waals surface area contributed by atoms with Crippen molar-refractivity contribution in [2.75, 3.05) is 4.90 Å². The van der Waals surface area contributed by atoms with Gasteiger partial charge in [-0.15, -0.1) is 0 Å². The molecule has 1 aromatic carbocycles. The molecular weight excluding hydrogens is 377 g/mol. The maximum atomic E-state index is 12.9. The topological polar surface area (TPSA) is 37.4 Å². The zero-order valence-corrected chi connectivity index (χ0v) is 13.4. The summed E-state index contributed by atoms with van der Waals surface area (Å²) >= 11 is 2.23. The van der Waals surface area contributed by atoms with E-state index in [4.69, 9.17) is 0 Å². The summed E-state index contributed by atoms with van der Waals surface area (Å²) in [5, 5.41) is 0. The van der Waals surface area contributed by atoms with Gasteiger partial charge in [-0.1, -0.05) is 12.2 Å². The first-order chi connectivity index (χ1) is 10.2. The fraction of sp³-hybridized carbons (Fsp3) is 0.412. The van der Waals surface area contributed by atoms with E-state index in [9.17, 15) is 9.59 Å². The van der Waals surface area contributed by atoms with Crippen molar-refractivity contribution in [3.05, 3.63) is 40.0 Å². The number of carbonyl (C=O) groups excluding carboxylic acids is 2. The van der Waals surface area contributed by atoms with Gasteiger partial charge in [-0.25, -0.2) is 0 Å². The lowest BCUT2D eigenvalue weighted by molar-refractivity contribution is -0.124. The van der Waals surface area contributed by atoms with Gasteiger partial charge >= 0.3 is 0 Å². The standard InChI is InChI=1S/C17H14INO2/c18-8-1-3-9(4-2-8)19-16(20)14-10-5-6-11(13-7-12(10)13)15(14)17(19)21/h1-6,10-15H,7H2/t10-,11-,12-,13+,14-,15+/m0/s1. The minimum atomic E-state index is -0.101. The minimum absolute atomic E-state index is 0.0240. The largest absolute Gasteiger partial charge is 0.274 e. The predicted octanol–water partition coefficient (Wildman–Crippen LogP) is 2.85. The number of anilines is 1. The molecule has 3 nitrogen and oxygen atoms in total. The summed E-state index contributed by atoms with van der Waals surface area (Å²) in [5.41, 5.74) is 0.730. The van der Waals surface area contributed by atoms with Crippen molar-refractivity contribution in [2.45, 2.75) is 6.42 Å². The molecule has 5 aliphatic rings. The van der Waals surface area contributed by atoms with E-state index in [2.05, 4.69) is 34.7 Å². The van der Waals surface area contributed by atoms with Crippen LogP contribution in [0.5, 0.6) is 0 Å². The number of allylic oxidation sites excluding steroid dienone is 2. The first kappa shape index (κ1) is 12.4. The predicted molar refractivity (Wildman–Crippen MR) is 86.3 cm³/mol. The van der Waals surface area contributed by atoms with Crippen LogP contribution in [0.3, 0.4) is 0 Å². The molecule has 2 amide bonds. The quantitative estimate of drug-likeness (QED) is 0.420. The summed E-state index contributed by atoms with van der Waals surface area (Å²) in [6, 6.07) is 7.65. The molecule has 6 atom stereocenters. The van der Waals surface area contributed by atoms with Gasteiger partial charge in [-0.2, -0.15) is 0 Å². The maximum absolute atomic E-state index is 12.9. The minimum Gasteiger partial charge on any atom is -0.274 e.